The van der Waals surface area contributed by atoms with Gasteiger partial charge in [0.15, 0.2) is 5.41 Å². The molecular formula is C15H21O6-. The summed E-state index contributed by atoms with van der Waals surface area (Å²) < 4.78 is 9.93. The van der Waals surface area contributed by atoms with Crippen LogP contribution < -0.4 is 5.11 Å². The molecule has 0 aromatic carbocycles. The number of hydrogen-bond acceptors (Lipinski definition) is 6. The van der Waals surface area contributed by atoms with Crippen LogP contribution in [0.2, 0.25) is 0 Å². The largest absolute Gasteiger partial charge is 0.550 e. The zero-order valence-corrected chi connectivity index (χ0v) is 12.9. The highest BCUT2D eigenvalue weighted by Crippen LogP contribution is 2.45. The van der Waals surface area contributed by atoms with Crippen molar-refractivity contribution >= 4 is 17.9 Å². The molecule has 1 rings (SSSR count). The summed E-state index contributed by atoms with van der Waals surface area (Å²) in [6.07, 6.45) is 0.0565. The van der Waals surface area contributed by atoms with Gasteiger partial charge < -0.3 is 19.4 Å². The molecule has 0 saturated carbocycles. The van der Waals surface area contributed by atoms with E-state index in [2.05, 4.69) is 0 Å². The van der Waals surface area contributed by atoms with E-state index in [0.29, 0.717) is 0 Å². The minimum atomic E-state index is -1.85. The molecule has 0 heterocycles. The van der Waals surface area contributed by atoms with Gasteiger partial charge in [-0.3, -0.25) is 9.59 Å². The van der Waals surface area contributed by atoms with Crippen LogP contribution in [-0.2, 0) is 23.9 Å². The van der Waals surface area contributed by atoms with Gasteiger partial charge in [0.25, 0.3) is 0 Å². The van der Waals surface area contributed by atoms with Crippen LogP contribution in [0.25, 0.3) is 0 Å². The summed E-state index contributed by atoms with van der Waals surface area (Å²) >= 11 is 0. The van der Waals surface area contributed by atoms with Gasteiger partial charge in [-0.05, 0) is 40.5 Å². The predicted molar refractivity (Wildman–Crippen MR) is 71.8 cm³/mol. The maximum atomic E-state index is 12.4. The number of aliphatic carboxylic acids is 1. The van der Waals surface area contributed by atoms with Gasteiger partial charge in [-0.15, -0.1) is 0 Å². The number of allylic oxidation sites excluding steroid dienone is 2. The minimum Gasteiger partial charge on any atom is -0.550 e. The third kappa shape index (κ3) is 3.09. The molecule has 0 unspecified atom stereocenters. The molecule has 0 saturated heterocycles. The highest BCUT2D eigenvalue weighted by atomic mass is 16.6. The zero-order valence-electron chi connectivity index (χ0n) is 12.9. The average molecular weight is 297 g/mol. The second-order valence-corrected chi connectivity index (χ2v) is 5.23. The van der Waals surface area contributed by atoms with Crippen LogP contribution in [0.5, 0.6) is 0 Å². The lowest BCUT2D eigenvalue weighted by Gasteiger charge is -2.40. The fourth-order valence-electron chi connectivity index (χ4n) is 2.66. The van der Waals surface area contributed by atoms with Gasteiger partial charge in [0.1, 0.15) is 0 Å². The average Bonchev–Trinajstić information content (AvgIpc) is 2.41. The van der Waals surface area contributed by atoms with E-state index < -0.39 is 29.2 Å². The molecule has 0 aromatic rings. The topological polar surface area (TPSA) is 92.7 Å². The number of hydrogen-bond donors (Lipinski definition) is 0. The summed E-state index contributed by atoms with van der Waals surface area (Å²) in [5, 5.41) is 11.5. The van der Waals surface area contributed by atoms with Crippen molar-refractivity contribution in [3.63, 3.8) is 0 Å². The van der Waals surface area contributed by atoms with Gasteiger partial charge in [0.2, 0.25) is 0 Å². The Morgan fingerprint density at radius 3 is 1.95 bits per heavy atom. The minimum absolute atomic E-state index is 0.0187. The molecular weight excluding hydrogens is 276 g/mol. The standard InChI is InChI=1S/C15H22O6/c1-5-20-13(18)15(14(19)21-6-2)8-10(4)9(3)7-11(15)12(16)17/h11H,5-8H2,1-4H3,(H,16,17)/p-1/t11-/m1/s1. The Labute approximate surface area is 124 Å². The third-order valence-corrected chi connectivity index (χ3v) is 3.94. The van der Waals surface area contributed by atoms with Crippen LogP contribution in [0.3, 0.4) is 0 Å². The summed E-state index contributed by atoms with van der Waals surface area (Å²) in [6.45, 7) is 6.87. The number of esters is 2. The molecule has 1 atom stereocenters. The molecule has 0 spiro atoms. The van der Waals surface area contributed by atoms with Crippen LogP contribution in [0.15, 0.2) is 11.1 Å². The first-order chi connectivity index (χ1) is 9.81. The highest BCUT2D eigenvalue weighted by molar-refractivity contribution is 6.04. The fourth-order valence-corrected chi connectivity index (χ4v) is 2.66. The molecule has 6 nitrogen and oxygen atoms in total. The van der Waals surface area contributed by atoms with Crippen molar-refractivity contribution < 1.29 is 29.0 Å². The Kier molecular flexibility index (Phi) is 5.52. The van der Waals surface area contributed by atoms with Crippen LogP contribution in [0.4, 0.5) is 0 Å². The molecule has 1 aliphatic rings. The summed E-state index contributed by atoms with van der Waals surface area (Å²) in [4.78, 5) is 36.2. The van der Waals surface area contributed by atoms with E-state index >= 15 is 0 Å². The van der Waals surface area contributed by atoms with Crippen LogP contribution in [0.1, 0.15) is 40.5 Å². The number of carbonyl (C=O) groups is 3. The molecule has 6 heteroatoms. The first-order valence-corrected chi connectivity index (χ1v) is 7.01. The number of rotatable bonds is 5. The smallest absolute Gasteiger partial charge is 0.324 e. The van der Waals surface area contributed by atoms with Gasteiger partial charge in [-0.1, -0.05) is 11.1 Å². The van der Waals surface area contributed by atoms with Gasteiger partial charge in [0, 0.05) is 11.9 Å². The lowest BCUT2D eigenvalue weighted by atomic mass is 9.64. The van der Waals surface area contributed by atoms with Gasteiger partial charge in [0.05, 0.1) is 13.2 Å². The van der Waals surface area contributed by atoms with E-state index in [1.165, 1.54) is 0 Å². The van der Waals surface area contributed by atoms with Crippen molar-refractivity contribution in [3.05, 3.63) is 11.1 Å². The molecule has 0 radical (unpaired) electrons. The second-order valence-electron chi connectivity index (χ2n) is 5.23. The van der Waals surface area contributed by atoms with Gasteiger partial charge in [-0.2, -0.15) is 0 Å². The SMILES string of the molecule is CCOC(=O)C1(C(=O)OCC)CC(C)=C(C)C[C@@H]1C(=O)[O-]. The van der Waals surface area contributed by atoms with E-state index in [9.17, 15) is 19.5 Å². The number of carboxylic acids is 1. The Balaban J connectivity index is 3.40. The molecule has 0 aliphatic heterocycles. The predicted octanol–water partition coefficient (Wildman–Crippen LogP) is 0.595. The van der Waals surface area contributed by atoms with Gasteiger partial charge in [-0.25, -0.2) is 0 Å². The molecule has 0 bridgehead atoms. The Morgan fingerprint density at radius 2 is 1.57 bits per heavy atom. The van der Waals surface area contributed by atoms with E-state index in [1.807, 2.05) is 0 Å². The molecule has 0 N–H and O–H groups in total. The Morgan fingerprint density at radius 1 is 1.10 bits per heavy atom. The lowest BCUT2D eigenvalue weighted by Crippen LogP contribution is -2.55. The quantitative estimate of drug-likeness (QED) is 0.419. The normalized spacial score (nSPS) is 20.9. The number of carbonyl (C=O) groups excluding carboxylic acids is 3. The first kappa shape index (κ1) is 17.2. The summed E-state index contributed by atoms with van der Waals surface area (Å²) in [6, 6.07) is 0. The maximum absolute atomic E-state index is 12.4. The van der Waals surface area contributed by atoms with Gasteiger partial charge >= 0.3 is 11.9 Å². The molecule has 21 heavy (non-hydrogen) atoms. The number of carboxylic acid groups (broad SMARTS) is 1. The Bertz CT molecular complexity index is 459. The van der Waals surface area contributed by atoms with Crippen molar-refractivity contribution in [1.82, 2.24) is 0 Å². The fraction of sp³-hybridized carbons (Fsp3) is 0.667. The number of ether oxygens (including phenoxy) is 2. The molecule has 0 amide bonds. The van der Waals surface area contributed by atoms with E-state index in [4.69, 9.17) is 9.47 Å². The van der Waals surface area contributed by atoms with Crippen LogP contribution in [-0.4, -0.2) is 31.1 Å². The summed E-state index contributed by atoms with van der Waals surface area (Å²) in [5.41, 5.74) is -0.212. The molecule has 1 aliphatic carbocycles. The van der Waals surface area contributed by atoms with Crippen molar-refractivity contribution in [1.29, 1.82) is 0 Å². The van der Waals surface area contributed by atoms with Crippen LogP contribution >= 0.6 is 0 Å². The molecule has 118 valence electrons. The Hall–Kier alpha value is -1.85. The van der Waals surface area contributed by atoms with Crippen LogP contribution in [0, 0.1) is 11.3 Å². The lowest BCUT2D eigenvalue weighted by molar-refractivity contribution is -0.315. The third-order valence-electron chi connectivity index (χ3n) is 3.94. The monoisotopic (exact) mass is 297 g/mol. The van der Waals surface area contributed by atoms with Crippen molar-refractivity contribution in [2.75, 3.05) is 13.2 Å². The van der Waals surface area contributed by atoms with E-state index in [1.54, 1.807) is 27.7 Å². The van der Waals surface area contributed by atoms with E-state index in [0.717, 1.165) is 11.1 Å². The summed E-state index contributed by atoms with van der Waals surface area (Å²) in [7, 11) is 0. The van der Waals surface area contributed by atoms with Crippen molar-refractivity contribution in [3.8, 4) is 0 Å². The highest BCUT2D eigenvalue weighted by Gasteiger charge is 2.57. The maximum Gasteiger partial charge on any atom is 0.324 e. The first-order valence-electron chi connectivity index (χ1n) is 7.01. The zero-order chi connectivity index (χ0) is 16.2. The van der Waals surface area contributed by atoms with E-state index in [-0.39, 0.29) is 26.1 Å². The van der Waals surface area contributed by atoms with Crippen molar-refractivity contribution in [2.45, 2.75) is 40.5 Å². The molecule has 0 aromatic heterocycles. The molecule has 0 fully saturated rings. The summed E-state index contributed by atoms with van der Waals surface area (Å²) in [5.74, 6) is -4.43. The van der Waals surface area contributed by atoms with Crippen molar-refractivity contribution in [2.24, 2.45) is 11.3 Å². The second kappa shape index (κ2) is 6.74.